The summed E-state index contributed by atoms with van der Waals surface area (Å²) in [5.41, 5.74) is 0.779. The standard InChI is InChI=1S/C24H30N2O6S/c1-30-17-6-9-19(10-7-17)33(28,29)26-15-21(20-14-18(31-2)8-11-23(20)32-3)22(16-26)24(27)25-12-4-5-13-25/h6-11,14,21-22H,4-5,12-13,15-16H2,1-3H3/t21-,22-/m0/s1. The van der Waals surface area contributed by atoms with Gasteiger partial charge in [-0.2, -0.15) is 4.31 Å². The van der Waals surface area contributed by atoms with Gasteiger partial charge in [0.15, 0.2) is 0 Å². The Morgan fingerprint density at radius 1 is 0.879 bits per heavy atom. The smallest absolute Gasteiger partial charge is 0.243 e. The first-order valence-corrected chi connectivity index (χ1v) is 12.5. The van der Waals surface area contributed by atoms with Crippen molar-refractivity contribution in [3.63, 3.8) is 0 Å². The zero-order chi connectivity index (χ0) is 23.6. The molecule has 2 aromatic carbocycles. The molecule has 4 rings (SSSR count). The zero-order valence-corrected chi connectivity index (χ0v) is 20.0. The van der Waals surface area contributed by atoms with Crippen molar-refractivity contribution in [3.8, 4) is 17.2 Å². The van der Waals surface area contributed by atoms with Crippen LogP contribution in [0.25, 0.3) is 0 Å². The highest BCUT2D eigenvalue weighted by Gasteiger charge is 2.46. The summed E-state index contributed by atoms with van der Waals surface area (Å²) in [7, 11) is 0.887. The Bertz CT molecular complexity index is 1100. The molecule has 2 heterocycles. The average Bonchev–Trinajstić information content (AvgIpc) is 3.54. The van der Waals surface area contributed by atoms with Gasteiger partial charge in [0.1, 0.15) is 17.2 Å². The van der Waals surface area contributed by atoms with Crippen LogP contribution in [0.4, 0.5) is 0 Å². The zero-order valence-electron chi connectivity index (χ0n) is 19.2. The van der Waals surface area contributed by atoms with Gasteiger partial charge in [0.25, 0.3) is 0 Å². The first kappa shape index (κ1) is 23.4. The van der Waals surface area contributed by atoms with Crippen LogP contribution >= 0.6 is 0 Å². The molecular formula is C24H30N2O6S. The van der Waals surface area contributed by atoms with E-state index in [1.807, 2.05) is 11.0 Å². The minimum Gasteiger partial charge on any atom is -0.497 e. The monoisotopic (exact) mass is 474 g/mol. The van der Waals surface area contributed by atoms with Crippen LogP contribution in [0.5, 0.6) is 17.2 Å². The number of ether oxygens (including phenoxy) is 3. The molecule has 2 aliphatic heterocycles. The molecule has 0 aliphatic carbocycles. The van der Waals surface area contributed by atoms with Crippen LogP contribution in [0, 0.1) is 5.92 Å². The number of sulfonamides is 1. The summed E-state index contributed by atoms with van der Waals surface area (Å²) in [4.78, 5) is 15.5. The molecule has 1 amide bonds. The van der Waals surface area contributed by atoms with Gasteiger partial charge < -0.3 is 19.1 Å². The van der Waals surface area contributed by atoms with E-state index in [1.165, 1.54) is 23.5 Å². The number of hydrogen-bond donors (Lipinski definition) is 0. The van der Waals surface area contributed by atoms with Crippen molar-refractivity contribution in [2.24, 2.45) is 5.92 Å². The van der Waals surface area contributed by atoms with Crippen molar-refractivity contribution in [2.45, 2.75) is 23.7 Å². The van der Waals surface area contributed by atoms with E-state index in [-0.39, 0.29) is 29.8 Å². The van der Waals surface area contributed by atoms with Gasteiger partial charge in [-0.05, 0) is 55.3 Å². The molecule has 2 fully saturated rings. The highest BCUT2D eigenvalue weighted by atomic mass is 32.2. The van der Waals surface area contributed by atoms with Gasteiger partial charge >= 0.3 is 0 Å². The molecule has 2 saturated heterocycles. The van der Waals surface area contributed by atoms with E-state index in [9.17, 15) is 13.2 Å². The number of benzene rings is 2. The van der Waals surface area contributed by atoms with Crippen molar-refractivity contribution < 1.29 is 27.4 Å². The first-order valence-electron chi connectivity index (χ1n) is 11.0. The Morgan fingerprint density at radius 3 is 2.12 bits per heavy atom. The van der Waals surface area contributed by atoms with Crippen LogP contribution in [-0.2, 0) is 14.8 Å². The maximum atomic E-state index is 13.5. The summed E-state index contributed by atoms with van der Waals surface area (Å²) in [5, 5.41) is 0. The van der Waals surface area contributed by atoms with E-state index in [1.54, 1.807) is 38.5 Å². The van der Waals surface area contributed by atoms with Crippen molar-refractivity contribution in [2.75, 3.05) is 47.5 Å². The average molecular weight is 475 g/mol. The van der Waals surface area contributed by atoms with Crippen molar-refractivity contribution in [3.05, 3.63) is 48.0 Å². The summed E-state index contributed by atoms with van der Waals surface area (Å²) < 4.78 is 44.5. The molecule has 178 valence electrons. The van der Waals surface area contributed by atoms with Gasteiger partial charge in [-0.15, -0.1) is 0 Å². The molecule has 0 saturated carbocycles. The van der Waals surface area contributed by atoms with Gasteiger partial charge in [0.2, 0.25) is 15.9 Å². The molecular weight excluding hydrogens is 444 g/mol. The first-order chi connectivity index (χ1) is 15.9. The van der Waals surface area contributed by atoms with E-state index < -0.39 is 15.9 Å². The van der Waals surface area contributed by atoms with Gasteiger partial charge in [-0.3, -0.25) is 4.79 Å². The van der Waals surface area contributed by atoms with Crippen molar-refractivity contribution in [1.29, 1.82) is 0 Å². The normalized spacial score (nSPS) is 21.2. The third-order valence-corrected chi connectivity index (χ3v) is 8.40. The summed E-state index contributed by atoms with van der Waals surface area (Å²) >= 11 is 0. The van der Waals surface area contributed by atoms with Crippen molar-refractivity contribution >= 4 is 15.9 Å². The van der Waals surface area contributed by atoms with Gasteiger partial charge in [-0.1, -0.05) is 0 Å². The highest BCUT2D eigenvalue weighted by molar-refractivity contribution is 7.89. The molecule has 33 heavy (non-hydrogen) atoms. The molecule has 8 nitrogen and oxygen atoms in total. The van der Waals surface area contributed by atoms with Crippen LogP contribution in [0.3, 0.4) is 0 Å². The number of hydrogen-bond acceptors (Lipinski definition) is 6. The third-order valence-electron chi connectivity index (χ3n) is 6.55. The molecule has 0 bridgehead atoms. The molecule has 9 heteroatoms. The number of nitrogens with zero attached hydrogens (tertiary/aromatic N) is 2. The lowest BCUT2D eigenvalue weighted by Gasteiger charge is -2.25. The highest BCUT2D eigenvalue weighted by Crippen LogP contribution is 2.42. The predicted molar refractivity (Wildman–Crippen MR) is 123 cm³/mol. The Balaban J connectivity index is 1.71. The summed E-state index contributed by atoms with van der Waals surface area (Å²) in [6.07, 6.45) is 1.94. The fourth-order valence-corrected chi connectivity index (χ4v) is 6.22. The molecule has 0 radical (unpaired) electrons. The summed E-state index contributed by atoms with van der Waals surface area (Å²) in [6.45, 7) is 1.72. The number of rotatable bonds is 7. The number of methoxy groups -OCH3 is 3. The van der Waals surface area contributed by atoms with E-state index in [4.69, 9.17) is 14.2 Å². The third kappa shape index (κ3) is 4.52. The van der Waals surface area contributed by atoms with E-state index in [0.29, 0.717) is 30.3 Å². The lowest BCUT2D eigenvalue weighted by atomic mass is 9.87. The minimum absolute atomic E-state index is 0.00481. The van der Waals surface area contributed by atoms with Crippen LogP contribution in [0.1, 0.15) is 24.3 Å². The van der Waals surface area contributed by atoms with Gasteiger partial charge in [0.05, 0.1) is 32.1 Å². The number of carbonyl (C=O) groups is 1. The van der Waals surface area contributed by atoms with Gasteiger partial charge in [0, 0.05) is 37.7 Å². The van der Waals surface area contributed by atoms with E-state index in [0.717, 1.165) is 18.4 Å². The molecule has 0 unspecified atom stereocenters. The molecule has 0 spiro atoms. The number of carbonyl (C=O) groups excluding carboxylic acids is 1. The summed E-state index contributed by atoms with van der Waals surface area (Å²) in [5.74, 6) is 0.970. The topological polar surface area (TPSA) is 85.4 Å². The predicted octanol–water partition coefficient (Wildman–Crippen LogP) is 2.74. The fourth-order valence-electron chi connectivity index (χ4n) is 4.73. The Hall–Kier alpha value is -2.78. The second-order valence-corrected chi connectivity index (χ2v) is 10.3. The van der Waals surface area contributed by atoms with Gasteiger partial charge in [-0.25, -0.2) is 8.42 Å². The van der Waals surface area contributed by atoms with Crippen molar-refractivity contribution in [1.82, 2.24) is 9.21 Å². The lowest BCUT2D eigenvalue weighted by molar-refractivity contribution is -0.134. The SMILES string of the molecule is COc1ccc(S(=O)(=O)N2C[C@H](C(=O)N3CCCC3)[C@H](c3cc(OC)ccc3OC)C2)cc1. The number of likely N-dealkylation sites (tertiary alicyclic amines) is 1. The largest absolute Gasteiger partial charge is 0.497 e. The Labute approximate surface area is 195 Å². The number of amides is 1. The van der Waals surface area contributed by atoms with E-state index >= 15 is 0 Å². The lowest BCUT2D eigenvalue weighted by Crippen LogP contribution is -2.37. The minimum atomic E-state index is -3.79. The van der Waals surface area contributed by atoms with Crippen LogP contribution in [-0.4, -0.2) is 71.0 Å². The summed E-state index contributed by atoms with van der Waals surface area (Å²) in [6, 6.07) is 11.7. The van der Waals surface area contributed by atoms with Crippen LogP contribution in [0.2, 0.25) is 0 Å². The van der Waals surface area contributed by atoms with E-state index in [2.05, 4.69) is 0 Å². The quantitative estimate of drug-likeness (QED) is 0.614. The van der Waals surface area contributed by atoms with Crippen LogP contribution in [0.15, 0.2) is 47.4 Å². The maximum Gasteiger partial charge on any atom is 0.243 e. The second-order valence-electron chi connectivity index (χ2n) is 8.35. The Kier molecular flexibility index (Phi) is 6.81. The fraction of sp³-hybridized carbons (Fsp3) is 0.458. The maximum absolute atomic E-state index is 13.5. The molecule has 0 aromatic heterocycles. The molecule has 0 N–H and O–H groups in total. The molecule has 2 aliphatic rings. The van der Waals surface area contributed by atoms with Crippen LogP contribution < -0.4 is 14.2 Å². The molecule has 2 atom stereocenters. The molecule has 2 aromatic rings. The Morgan fingerprint density at radius 2 is 1.52 bits per heavy atom. The second kappa shape index (κ2) is 9.61.